The van der Waals surface area contributed by atoms with Crippen LogP contribution < -0.4 is 5.73 Å². The zero-order chi connectivity index (χ0) is 14.2. The smallest absolute Gasteiger partial charge is 0.0484 e. The molecule has 1 saturated heterocycles. The van der Waals surface area contributed by atoms with Crippen molar-refractivity contribution in [2.75, 3.05) is 19.6 Å². The lowest BCUT2D eigenvalue weighted by Crippen LogP contribution is -2.42. The van der Waals surface area contributed by atoms with E-state index in [1.54, 1.807) is 0 Å². The van der Waals surface area contributed by atoms with Gasteiger partial charge in [-0.15, -0.1) is 11.3 Å². The number of benzene rings is 1. The minimum absolute atomic E-state index is 0.377. The Morgan fingerprint density at radius 1 is 1.25 bits per heavy atom. The molecule has 0 bridgehead atoms. The predicted octanol–water partition coefficient (Wildman–Crippen LogP) is 4.02. The van der Waals surface area contributed by atoms with Crippen LogP contribution in [0.3, 0.4) is 0 Å². The highest BCUT2D eigenvalue weighted by molar-refractivity contribution is 7.17. The molecule has 1 aliphatic heterocycles. The van der Waals surface area contributed by atoms with Gasteiger partial charge in [0.05, 0.1) is 0 Å². The van der Waals surface area contributed by atoms with E-state index in [4.69, 9.17) is 5.73 Å². The van der Waals surface area contributed by atoms with Crippen molar-refractivity contribution in [3.8, 4) is 0 Å². The molecule has 0 amide bonds. The van der Waals surface area contributed by atoms with Gasteiger partial charge in [0.15, 0.2) is 0 Å². The second-order valence-corrected chi connectivity index (χ2v) is 7.55. The van der Waals surface area contributed by atoms with E-state index in [1.165, 1.54) is 41.6 Å². The fraction of sp³-hybridized carbons (Fsp3) is 0.529. The molecule has 20 heavy (non-hydrogen) atoms. The summed E-state index contributed by atoms with van der Waals surface area (Å²) in [6.07, 6.45) is 2.54. The third-order valence-electron chi connectivity index (χ3n) is 4.69. The molecule has 1 atom stereocenters. The van der Waals surface area contributed by atoms with Crippen LogP contribution in [0.2, 0.25) is 0 Å². The topological polar surface area (TPSA) is 29.3 Å². The van der Waals surface area contributed by atoms with Crippen molar-refractivity contribution in [3.63, 3.8) is 0 Å². The summed E-state index contributed by atoms with van der Waals surface area (Å²) < 4.78 is 1.37. The molecule has 0 saturated carbocycles. The highest BCUT2D eigenvalue weighted by Gasteiger charge is 2.30. The van der Waals surface area contributed by atoms with Crippen molar-refractivity contribution in [1.82, 2.24) is 4.90 Å². The van der Waals surface area contributed by atoms with Gasteiger partial charge in [-0.25, -0.2) is 0 Å². The Morgan fingerprint density at radius 2 is 1.95 bits per heavy atom. The van der Waals surface area contributed by atoms with E-state index in [9.17, 15) is 0 Å². The number of piperidine rings is 1. The van der Waals surface area contributed by atoms with Gasteiger partial charge in [0, 0.05) is 17.3 Å². The van der Waals surface area contributed by atoms with Crippen LogP contribution >= 0.6 is 11.3 Å². The Morgan fingerprint density at radius 3 is 2.65 bits per heavy atom. The molecule has 1 aliphatic rings. The Labute approximate surface area is 125 Å². The molecule has 0 spiro atoms. The van der Waals surface area contributed by atoms with Gasteiger partial charge in [-0.3, -0.25) is 4.90 Å². The summed E-state index contributed by atoms with van der Waals surface area (Å²) in [7, 11) is 0. The maximum atomic E-state index is 6.12. The molecule has 1 fully saturated rings. The maximum Gasteiger partial charge on any atom is 0.0484 e. The first-order valence-corrected chi connectivity index (χ1v) is 8.39. The minimum atomic E-state index is 0.377. The van der Waals surface area contributed by atoms with Gasteiger partial charge < -0.3 is 5.73 Å². The second-order valence-electron chi connectivity index (χ2n) is 6.64. The zero-order valence-corrected chi connectivity index (χ0v) is 13.2. The van der Waals surface area contributed by atoms with Gasteiger partial charge in [0.1, 0.15) is 0 Å². The number of likely N-dealkylation sites (tertiary alicyclic amines) is 1. The molecule has 3 rings (SSSR count). The van der Waals surface area contributed by atoms with Crippen molar-refractivity contribution in [2.24, 2.45) is 11.1 Å². The number of fused-ring (bicyclic) bond motifs is 1. The summed E-state index contributed by atoms with van der Waals surface area (Å²) in [4.78, 5) is 2.58. The lowest BCUT2D eigenvalue weighted by atomic mass is 9.82. The van der Waals surface area contributed by atoms with E-state index >= 15 is 0 Å². The molecule has 3 heteroatoms. The summed E-state index contributed by atoms with van der Waals surface area (Å²) >= 11 is 1.84. The Hall–Kier alpha value is -0.900. The van der Waals surface area contributed by atoms with E-state index in [0.717, 1.165) is 0 Å². The fourth-order valence-electron chi connectivity index (χ4n) is 3.17. The molecular weight excluding hydrogens is 264 g/mol. The fourth-order valence-corrected chi connectivity index (χ4v) is 4.18. The molecule has 0 aliphatic carbocycles. The van der Waals surface area contributed by atoms with Crippen LogP contribution in [-0.2, 0) is 0 Å². The highest BCUT2D eigenvalue weighted by Crippen LogP contribution is 2.37. The van der Waals surface area contributed by atoms with Crippen LogP contribution in [0.25, 0.3) is 10.1 Å². The molecule has 2 nitrogen and oxygen atoms in total. The zero-order valence-electron chi connectivity index (χ0n) is 12.4. The normalized spacial score (nSPS) is 21.1. The molecular formula is C17H24N2S. The summed E-state index contributed by atoms with van der Waals surface area (Å²) in [5.41, 5.74) is 8.03. The van der Waals surface area contributed by atoms with Crippen molar-refractivity contribution in [2.45, 2.75) is 32.7 Å². The number of thiophene rings is 1. The van der Waals surface area contributed by atoms with E-state index < -0.39 is 0 Å². The monoisotopic (exact) mass is 288 g/mol. The first kappa shape index (κ1) is 14.1. The molecule has 1 aromatic heterocycles. The SMILES string of the molecule is CC1(C)CCN(C(CN)c2csc3ccccc23)CC1. The van der Waals surface area contributed by atoms with E-state index in [2.05, 4.69) is 48.4 Å². The van der Waals surface area contributed by atoms with Crippen molar-refractivity contribution < 1.29 is 0 Å². The van der Waals surface area contributed by atoms with Crippen LogP contribution in [0, 0.1) is 5.41 Å². The number of rotatable bonds is 3. The average molecular weight is 288 g/mol. The van der Waals surface area contributed by atoms with Crippen LogP contribution in [0.4, 0.5) is 0 Å². The van der Waals surface area contributed by atoms with Gasteiger partial charge >= 0.3 is 0 Å². The van der Waals surface area contributed by atoms with E-state index in [1.807, 2.05) is 11.3 Å². The Kier molecular flexibility index (Phi) is 3.85. The first-order valence-electron chi connectivity index (χ1n) is 7.51. The molecule has 2 heterocycles. The summed E-state index contributed by atoms with van der Waals surface area (Å²) in [6.45, 7) is 7.79. The van der Waals surface area contributed by atoms with Crippen molar-refractivity contribution in [3.05, 3.63) is 35.2 Å². The lowest BCUT2D eigenvalue weighted by molar-refractivity contribution is 0.0971. The minimum Gasteiger partial charge on any atom is -0.329 e. The summed E-state index contributed by atoms with van der Waals surface area (Å²) in [5, 5.41) is 3.69. The lowest BCUT2D eigenvalue weighted by Gasteiger charge is -2.40. The first-order chi connectivity index (χ1) is 9.61. The van der Waals surface area contributed by atoms with E-state index in [-0.39, 0.29) is 0 Å². The quantitative estimate of drug-likeness (QED) is 0.924. The second kappa shape index (κ2) is 5.47. The molecule has 1 aromatic carbocycles. The largest absolute Gasteiger partial charge is 0.329 e. The average Bonchev–Trinajstić information content (AvgIpc) is 2.86. The van der Waals surface area contributed by atoms with Crippen LogP contribution in [0.15, 0.2) is 29.6 Å². The van der Waals surface area contributed by atoms with Gasteiger partial charge in [-0.05, 0) is 53.7 Å². The number of nitrogens with zero attached hydrogens (tertiary/aromatic N) is 1. The Balaban J connectivity index is 1.87. The van der Waals surface area contributed by atoms with Crippen LogP contribution in [0.5, 0.6) is 0 Å². The Bertz CT molecular complexity index is 577. The summed E-state index contributed by atoms with van der Waals surface area (Å²) in [6, 6.07) is 9.06. The molecule has 108 valence electrons. The third kappa shape index (κ3) is 2.62. The molecule has 2 N–H and O–H groups in total. The van der Waals surface area contributed by atoms with Gasteiger partial charge in [0.2, 0.25) is 0 Å². The highest BCUT2D eigenvalue weighted by atomic mass is 32.1. The van der Waals surface area contributed by atoms with Crippen molar-refractivity contribution in [1.29, 1.82) is 0 Å². The maximum absolute atomic E-state index is 6.12. The third-order valence-corrected chi connectivity index (χ3v) is 5.67. The van der Waals surface area contributed by atoms with Gasteiger partial charge in [-0.1, -0.05) is 32.0 Å². The number of nitrogens with two attached hydrogens (primary N) is 1. The summed E-state index contributed by atoms with van der Waals surface area (Å²) in [5.74, 6) is 0. The number of hydrogen-bond acceptors (Lipinski definition) is 3. The standard InChI is InChI=1S/C17H24N2S/c1-17(2)7-9-19(10-8-17)15(11-18)14-12-20-16-6-4-3-5-13(14)16/h3-6,12,15H,7-11,18H2,1-2H3. The van der Waals surface area contributed by atoms with Crippen LogP contribution in [0.1, 0.15) is 38.3 Å². The van der Waals surface area contributed by atoms with Gasteiger partial charge in [-0.2, -0.15) is 0 Å². The van der Waals surface area contributed by atoms with Crippen molar-refractivity contribution >= 4 is 21.4 Å². The van der Waals surface area contributed by atoms with Gasteiger partial charge in [0.25, 0.3) is 0 Å². The van der Waals surface area contributed by atoms with E-state index in [0.29, 0.717) is 18.0 Å². The number of hydrogen-bond donors (Lipinski definition) is 1. The van der Waals surface area contributed by atoms with Crippen LogP contribution in [-0.4, -0.2) is 24.5 Å². The molecule has 0 radical (unpaired) electrons. The predicted molar refractivity (Wildman–Crippen MR) is 88.2 cm³/mol. The molecule has 1 unspecified atom stereocenters. The molecule has 2 aromatic rings.